The van der Waals surface area contributed by atoms with Crippen LogP contribution in [0.3, 0.4) is 0 Å². The van der Waals surface area contributed by atoms with Crippen molar-refractivity contribution in [2.45, 2.75) is 51.1 Å². The van der Waals surface area contributed by atoms with Crippen LogP contribution in [0.1, 0.15) is 49.3 Å². The number of aryl methyl sites for hydroxylation is 1. The maximum Gasteiger partial charge on any atom is 0.319 e. The molecular weight excluding hydrogens is 516 g/mol. The van der Waals surface area contributed by atoms with E-state index in [1.807, 2.05) is 11.1 Å². The number of carbonyl (C=O) groups excluding carboxylic acids is 1. The fraction of sp³-hybridized carbons (Fsp3) is 0.516. The largest absolute Gasteiger partial charge is 0.462 e. The molecule has 212 valence electrons. The second-order valence-electron chi connectivity index (χ2n) is 12.3. The Morgan fingerprint density at radius 3 is 2.76 bits per heavy atom. The number of likely N-dealkylation sites (tertiary alicyclic amines) is 2. The van der Waals surface area contributed by atoms with Gasteiger partial charge in [-0.3, -0.25) is 9.48 Å². The second kappa shape index (κ2) is 9.84. The molecule has 4 fully saturated rings. The van der Waals surface area contributed by atoms with Gasteiger partial charge in [-0.1, -0.05) is 18.7 Å². The summed E-state index contributed by atoms with van der Waals surface area (Å²) in [6, 6.07) is 7.67. The minimum absolute atomic E-state index is 0.00458. The summed E-state index contributed by atoms with van der Waals surface area (Å²) in [5.74, 6) is 0.589. The van der Waals surface area contributed by atoms with Crippen molar-refractivity contribution in [2.24, 2.45) is 5.41 Å². The van der Waals surface area contributed by atoms with E-state index >= 15 is 0 Å². The van der Waals surface area contributed by atoms with Gasteiger partial charge >= 0.3 is 6.01 Å². The van der Waals surface area contributed by atoms with Crippen molar-refractivity contribution < 1.29 is 9.53 Å². The van der Waals surface area contributed by atoms with E-state index in [1.165, 1.54) is 6.08 Å². The highest BCUT2D eigenvalue weighted by atomic mass is 16.5. The Morgan fingerprint density at radius 1 is 1.22 bits per heavy atom. The summed E-state index contributed by atoms with van der Waals surface area (Å²) in [4.78, 5) is 28.3. The van der Waals surface area contributed by atoms with E-state index in [0.717, 1.165) is 73.8 Å². The number of aromatic nitrogens is 4. The molecule has 3 saturated heterocycles. The SMILES string of the molecule is C=CC(=O)N1CC2(CCN(c3nc(OCC4CCCN4C)nc(-c4c(C)ccc5cnn(C6CC6)c45)c3C#N)C2)C1. The zero-order chi connectivity index (χ0) is 28.3. The third kappa shape index (κ3) is 4.43. The average Bonchev–Trinajstić information content (AvgIpc) is 3.35. The molecule has 4 aliphatic rings. The van der Waals surface area contributed by atoms with E-state index in [4.69, 9.17) is 19.8 Å². The number of rotatable bonds is 7. The van der Waals surface area contributed by atoms with Crippen molar-refractivity contribution in [1.29, 1.82) is 5.26 Å². The van der Waals surface area contributed by atoms with Gasteiger partial charge in [0.1, 0.15) is 18.2 Å². The van der Waals surface area contributed by atoms with E-state index in [-0.39, 0.29) is 11.3 Å². The molecule has 3 aromatic rings. The first-order chi connectivity index (χ1) is 19.9. The number of nitriles is 1. The lowest BCUT2D eigenvalue weighted by Crippen LogP contribution is -2.59. The van der Waals surface area contributed by atoms with Crippen molar-refractivity contribution in [3.63, 3.8) is 0 Å². The predicted octanol–water partition coefficient (Wildman–Crippen LogP) is 3.71. The second-order valence-corrected chi connectivity index (χ2v) is 12.3. The van der Waals surface area contributed by atoms with Crippen LogP contribution in [0.25, 0.3) is 22.2 Å². The lowest BCUT2D eigenvalue weighted by molar-refractivity contribution is -0.136. The summed E-state index contributed by atoms with van der Waals surface area (Å²) in [7, 11) is 2.13. The number of fused-ring (bicyclic) bond motifs is 1. The van der Waals surface area contributed by atoms with E-state index in [2.05, 4.69) is 53.2 Å². The van der Waals surface area contributed by atoms with Gasteiger partial charge in [-0.25, -0.2) is 0 Å². The number of likely N-dealkylation sites (N-methyl/N-ethyl adjacent to an activating group) is 1. The first kappa shape index (κ1) is 26.0. The van der Waals surface area contributed by atoms with Crippen LogP contribution in [-0.4, -0.2) is 87.9 Å². The number of carbonyl (C=O) groups is 1. The fourth-order valence-corrected chi connectivity index (χ4v) is 6.93. The van der Waals surface area contributed by atoms with Crippen molar-refractivity contribution in [1.82, 2.24) is 29.5 Å². The summed E-state index contributed by atoms with van der Waals surface area (Å²) in [5, 5.41) is 16.4. The van der Waals surface area contributed by atoms with E-state index < -0.39 is 0 Å². The summed E-state index contributed by atoms with van der Waals surface area (Å²) >= 11 is 0. The Balaban J connectivity index is 1.31. The van der Waals surface area contributed by atoms with E-state index in [0.29, 0.717) is 54.9 Å². The number of anilines is 1. The molecule has 10 heteroatoms. The number of hydrogen-bond donors (Lipinski definition) is 0. The van der Waals surface area contributed by atoms with Crippen LogP contribution in [-0.2, 0) is 4.79 Å². The van der Waals surface area contributed by atoms with E-state index in [9.17, 15) is 10.1 Å². The molecule has 2 aromatic heterocycles. The standard InChI is InChI=1S/C31H36N8O2/c1-4-25(40)38-18-31(19-38)11-13-37(17-31)29-24(14-32)27(34-30(35-29)41-16-23-6-5-12-36(23)3)26-20(2)7-8-21-15-33-39(28(21)26)22-9-10-22/h4,7-8,15,22-23H,1,5-6,9-13,16-19H2,2-3H3. The number of amides is 1. The van der Waals surface area contributed by atoms with Crippen LogP contribution in [0.15, 0.2) is 31.0 Å². The molecule has 5 heterocycles. The zero-order valence-corrected chi connectivity index (χ0v) is 23.8. The molecule has 0 radical (unpaired) electrons. The minimum atomic E-state index is -0.0282. The van der Waals surface area contributed by atoms with Crippen LogP contribution in [0.5, 0.6) is 6.01 Å². The summed E-state index contributed by atoms with van der Waals surface area (Å²) in [5.41, 5.74) is 4.06. The molecule has 0 bridgehead atoms. The molecule has 41 heavy (non-hydrogen) atoms. The molecule has 1 unspecified atom stereocenters. The van der Waals surface area contributed by atoms with Gasteiger partial charge in [-0.05, 0) is 64.3 Å². The third-order valence-corrected chi connectivity index (χ3v) is 9.43. The van der Waals surface area contributed by atoms with Crippen LogP contribution in [0.4, 0.5) is 5.82 Å². The minimum Gasteiger partial charge on any atom is -0.462 e. The highest BCUT2D eigenvalue weighted by molar-refractivity contribution is 5.97. The maximum atomic E-state index is 12.1. The molecule has 1 amide bonds. The van der Waals surface area contributed by atoms with Crippen molar-refractivity contribution in [3.05, 3.63) is 42.1 Å². The number of benzene rings is 1. The summed E-state index contributed by atoms with van der Waals surface area (Å²) in [6.07, 6.45) is 8.68. The third-order valence-electron chi connectivity index (χ3n) is 9.43. The molecule has 10 nitrogen and oxygen atoms in total. The number of nitrogens with zero attached hydrogens (tertiary/aromatic N) is 8. The monoisotopic (exact) mass is 552 g/mol. The lowest BCUT2D eigenvalue weighted by atomic mass is 9.79. The van der Waals surface area contributed by atoms with Gasteiger partial charge in [0, 0.05) is 48.6 Å². The molecule has 1 spiro atoms. The molecule has 1 atom stereocenters. The zero-order valence-electron chi connectivity index (χ0n) is 23.8. The van der Waals surface area contributed by atoms with E-state index in [1.54, 1.807) is 0 Å². The normalized spacial score (nSPS) is 21.8. The highest BCUT2D eigenvalue weighted by Gasteiger charge is 2.49. The number of ether oxygens (including phenoxy) is 1. The van der Waals surface area contributed by atoms with Gasteiger partial charge < -0.3 is 19.4 Å². The Bertz CT molecular complexity index is 1580. The van der Waals surface area contributed by atoms with Gasteiger partial charge in [0.15, 0.2) is 5.82 Å². The van der Waals surface area contributed by atoms with Gasteiger partial charge in [-0.2, -0.15) is 20.3 Å². The highest BCUT2D eigenvalue weighted by Crippen LogP contribution is 2.45. The topological polar surface area (TPSA) is 103 Å². The predicted molar refractivity (Wildman–Crippen MR) is 156 cm³/mol. The summed E-state index contributed by atoms with van der Waals surface area (Å²) in [6.45, 7) is 10.2. The van der Waals surface area contributed by atoms with Crippen molar-refractivity contribution in [3.8, 4) is 23.3 Å². The van der Waals surface area contributed by atoms with Crippen LogP contribution in [0.2, 0.25) is 0 Å². The molecule has 3 aliphatic heterocycles. The fourth-order valence-electron chi connectivity index (χ4n) is 6.93. The Labute approximate surface area is 240 Å². The molecule has 0 N–H and O–H groups in total. The summed E-state index contributed by atoms with van der Waals surface area (Å²) < 4.78 is 8.42. The van der Waals surface area contributed by atoms with Gasteiger partial charge in [0.2, 0.25) is 5.91 Å². The van der Waals surface area contributed by atoms with Crippen LogP contribution in [0, 0.1) is 23.7 Å². The Morgan fingerprint density at radius 2 is 2.05 bits per heavy atom. The van der Waals surface area contributed by atoms with Gasteiger partial charge in [-0.15, -0.1) is 0 Å². The smallest absolute Gasteiger partial charge is 0.319 e. The van der Waals surface area contributed by atoms with Crippen molar-refractivity contribution in [2.75, 3.05) is 51.3 Å². The first-order valence-corrected chi connectivity index (χ1v) is 14.7. The van der Waals surface area contributed by atoms with Crippen LogP contribution < -0.4 is 9.64 Å². The van der Waals surface area contributed by atoms with Gasteiger partial charge in [0.25, 0.3) is 0 Å². The quantitative estimate of drug-likeness (QED) is 0.409. The lowest BCUT2D eigenvalue weighted by Gasteiger charge is -2.47. The Kier molecular flexibility index (Phi) is 6.23. The number of hydrogen-bond acceptors (Lipinski definition) is 8. The molecule has 1 aliphatic carbocycles. The Hall–Kier alpha value is -3.97. The molecular formula is C31H36N8O2. The van der Waals surface area contributed by atoms with Crippen molar-refractivity contribution >= 4 is 22.6 Å². The average molecular weight is 553 g/mol. The maximum absolute atomic E-state index is 12.1. The molecule has 1 saturated carbocycles. The molecule has 1 aromatic carbocycles. The van der Waals surface area contributed by atoms with Gasteiger partial charge in [0.05, 0.1) is 23.4 Å². The molecule has 7 rings (SSSR count). The first-order valence-electron chi connectivity index (χ1n) is 14.7. The van der Waals surface area contributed by atoms with Crippen LogP contribution >= 0.6 is 0 Å².